The quantitative estimate of drug-likeness (QED) is 0.773. The van der Waals surface area contributed by atoms with Gasteiger partial charge in [-0.25, -0.2) is 5.06 Å². The van der Waals surface area contributed by atoms with E-state index in [0.717, 1.165) is 44.2 Å². The van der Waals surface area contributed by atoms with E-state index in [1.165, 1.54) is 11.4 Å². The highest BCUT2D eigenvalue weighted by molar-refractivity contribution is 5.81. The molecule has 0 N–H and O–H groups in total. The third-order valence-corrected chi connectivity index (χ3v) is 5.00. The second-order valence-electron chi connectivity index (χ2n) is 6.40. The van der Waals surface area contributed by atoms with E-state index in [1.807, 2.05) is 17.5 Å². The number of rotatable bonds is 3. The Bertz CT molecular complexity index is 633. The van der Waals surface area contributed by atoms with Gasteiger partial charge >= 0.3 is 0 Å². The molecule has 1 saturated heterocycles. The summed E-state index contributed by atoms with van der Waals surface area (Å²) in [4.78, 5) is 17.3. The molecule has 7 heteroatoms. The van der Waals surface area contributed by atoms with Crippen molar-refractivity contribution in [2.45, 2.75) is 19.9 Å². The van der Waals surface area contributed by atoms with Gasteiger partial charge in [0.05, 0.1) is 44.5 Å². The number of aliphatic imine (C=N–C) groups is 1. The Balaban J connectivity index is 1.73. The van der Waals surface area contributed by atoms with Crippen molar-refractivity contribution in [2.75, 3.05) is 46.6 Å². The standard InChI is InChI=1S/C17H25N5O2/c1-4-19-10-13(2)16(20-5-7-24-8-6-20)15-17(19)22-12-21(23-3)11-14(22)9-18-15/h9-11,16H,4-8,12H2,1-3H3. The van der Waals surface area contributed by atoms with Crippen LogP contribution in [0.2, 0.25) is 0 Å². The number of ether oxygens (including phenoxy) is 1. The average Bonchev–Trinajstić information content (AvgIpc) is 3.05. The van der Waals surface area contributed by atoms with E-state index in [0.29, 0.717) is 6.67 Å². The molecule has 130 valence electrons. The summed E-state index contributed by atoms with van der Waals surface area (Å²) in [5.41, 5.74) is 3.54. The molecule has 4 aliphatic heterocycles. The number of fused-ring (bicyclic) bond motifs is 2. The second-order valence-corrected chi connectivity index (χ2v) is 6.40. The normalized spacial score (nSPS) is 27.3. The van der Waals surface area contributed by atoms with Crippen molar-refractivity contribution in [1.82, 2.24) is 19.8 Å². The first-order valence-electron chi connectivity index (χ1n) is 8.58. The third kappa shape index (κ3) is 2.44. The van der Waals surface area contributed by atoms with Gasteiger partial charge in [0.2, 0.25) is 0 Å². The van der Waals surface area contributed by atoms with Crippen LogP contribution in [0.1, 0.15) is 13.8 Å². The van der Waals surface area contributed by atoms with Crippen LogP contribution in [0.25, 0.3) is 0 Å². The van der Waals surface area contributed by atoms with Crippen molar-refractivity contribution in [2.24, 2.45) is 4.99 Å². The largest absolute Gasteiger partial charge is 0.379 e. The number of morpholine rings is 1. The van der Waals surface area contributed by atoms with Crippen LogP contribution >= 0.6 is 0 Å². The van der Waals surface area contributed by atoms with Gasteiger partial charge in [-0.2, -0.15) is 0 Å². The Kier molecular flexibility index (Phi) is 4.07. The Morgan fingerprint density at radius 2 is 2.08 bits per heavy atom. The van der Waals surface area contributed by atoms with Crippen molar-refractivity contribution >= 4 is 6.21 Å². The van der Waals surface area contributed by atoms with Gasteiger partial charge in [0.25, 0.3) is 0 Å². The molecular formula is C17H25N5O2. The summed E-state index contributed by atoms with van der Waals surface area (Å²) in [6, 6.07) is 0.223. The third-order valence-electron chi connectivity index (χ3n) is 5.00. The first-order chi connectivity index (χ1) is 11.7. The monoisotopic (exact) mass is 331 g/mol. The summed E-state index contributed by atoms with van der Waals surface area (Å²) in [5.74, 6) is 1.17. The van der Waals surface area contributed by atoms with Crippen LogP contribution in [-0.2, 0) is 9.57 Å². The molecule has 0 spiro atoms. The van der Waals surface area contributed by atoms with Gasteiger partial charge in [-0.3, -0.25) is 14.7 Å². The predicted octanol–water partition coefficient (Wildman–Crippen LogP) is 1.16. The van der Waals surface area contributed by atoms with E-state index in [4.69, 9.17) is 14.6 Å². The van der Waals surface area contributed by atoms with Crippen LogP contribution in [-0.4, -0.2) is 78.6 Å². The summed E-state index contributed by atoms with van der Waals surface area (Å²) < 4.78 is 5.53. The zero-order chi connectivity index (χ0) is 16.7. The molecule has 1 fully saturated rings. The van der Waals surface area contributed by atoms with Gasteiger partial charge < -0.3 is 14.5 Å². The predicted molar refractivity (Wildman–Crippen MR) is 91.5 cm³/mol. The highest BCUT2D eigenvalue weighted by Crippen LogP contribution is 2.37. The summed E-state index contributed by atoms with van der Waals surface area (Å²) in [6.45, 7) is 9.46. The average molecular weight is 331 g/mol. The highest BCUT2D eigenvalue weighted by atomic mass is 16.7. The summed E-state index contributed by atoms with van der Waals surface area (Å²) in [5, 5.41) is 1.83. The maximum Gasteiger partial charge on any atom is 0.138 e. The lowest BCUT2D eigenvalue weighted by Crippen LogP contribution is -2.49. The molecule has 4 rings (SSSR count). The van der Waals surface area contributed by atoms with Crippen LogP contribution in [0.15, 0.2) is 40.2 Å². The topological polar surface area (TPSA) is 43.8 Å². The van der Waals surface area contributed by atoms with E-state index in [1.54, 1.807) is 7.11 Å². The minimum Gasteiger partial charge on any atom is -0.379 e. The Morgan fingerprint density at radius 1 is 1.29 bits per heavy atom. The lowest BCUT2D eigenvalue weighted by Gasteiger charge is -2.44. The fourth-order valence-corrected chi connectivity index (χ4v) is 3.84. The van der Waals surface area contributed by atoms with E-state index >= 15 is 0 Å². The maximum atomic E-state index is 5.53. The molecule has 0 saturated carbocycles. The van der Waals surface area contributed by atoms with Crippen LogP contribution in [0.5, 0.6) is 0 Å². The van der Waals surface area contributed by atoms with Gasteiger partial charge in [0.1, 0.15) is 18.2 Å². The Hall–Kier alpha value is -1.83. The first kappa shape index (κ1) is 15.7. The second kappa shape index (κ2) is 6.23. The molecule has 0 aromatic carbocycles. The maximum absolute atomic E-state index is 5.53. The van der Waals surface area contributed by atoms with Crippen LogP contribution in [0.4, 0.5) is 0 Å². The molecule has 1 atom stereocenters. The zero-order valence-electron chi connectivity index (χ0n) is 14.6. The first-order valence-corrected chi connectivity index (χ1v) is 8.58. The molecule has 4 heterocycles. The van der Waals surface area contributed by atoms with Crippen molar-refractivity contribution in [3.05, 3.63) is 35.2 Å². The molecule has 0 radical (unpaired) electrons. The fraction of sp³-hybridized carbons (Fsp3) is 0.588. The molecule has 0 amide bonds. The van der Waals surface area contributed by atoms with Crippen LogP contribution in [0.3, 0.4) is 0 Å². The van der Waals surface area contributed by atoms with Gasteiger partial charge in [-0.1, -0.05) is 0 Å². The Morgan fingerprint density at radius 3 is 2.79 bits per heavy atom. The SMILES string of the molecule is CCN1C=C(C)C(N2CCOCC2)C2=C1N1CN(OC)C=C1C=N2. The van der Waals surface area contributed by atoms with E-state index in [9.17, 15) is 0 Å². The van der Waals surface area contributed by atoms with Crippen molar-refractivity contribution in [3.8, 4) is 0 Å². The minimum absolute atomic E-state index is 0.223. The van der Waals surface area contributed by atoms with E-state index in [2.05, 4.69) is 34.7 Å². The number of hydrogen-bond donors (Lipinski definition) is 0. The smallest absolute Gasteiger partial charge is 0.138 e. The van der Waals surface area contributed by atoms with Gasteiger partial charge in [0, 0.05) is 25.8 Å². The zero-order valence-corrected chi connectivity index (χ0v) is 14.6. The number of hydrogen-bond acceptors (Lipinski definition) is 7. The van der Waals surface area contributed by atoms with Gasteiger partial charge in [-0.05, 0) is 19.4 Å². The van der Waals surface area contributed by atoms with Crippen LogP contribution in [0, 0.1) is 0 Å². The summed E-state index contributed by atoms with van der Waals surface area (Å²) in [6.07, 6.45) is 6.22. The summed E-state index contributed by atoms with van der Waals surface area (Å²) in [7, 11) is 1.70. The molecule has 24 heavy (non-hydrogen) atoms. The van der Waals surface area contributed by atoms with Crippen LogP contribution < -0.4 is 0 Å². The fourth-order valence-electron chi connectivity index (χ4n) is 3.84. The summed E-state index contributed by atoms with van der Waals surface area (Å²) >= 11 is 0. The number of nitrogens with zero attached hydrogens (tertiary/aromatic N) is 5. The molecule has 0 aromatic rings. The molecule has 1 unspecified atom stereocenters. The lowest BCUT2D eigenvalue weighted by atomic mass is 9.99. The number of allylic oxidation sites excluding steroid dienone is 1. The van der Waals surface area contributed by atoms with Crippen molar-refractivity contribution < 1.29 is 9.57 Å². The lowest BCUT2D eigenvalue weighted by molar-refractivity contribution is -0.0969. The van der Waals surface area contributed by atoms with Gasteiger partial charge in [0.15, 0.2) is 0 Å². The van der Waals surface area contributed by atoms with Crippen molar-refractivity contribution in [3.63, 3.8) is 0 Å². The molecule has 0 aromatic heterocycles. The van der Waals surface area contributed by atoms with Gasteiger partial charge in [-0.15, -0.1) is 0 Å². The minimum atomic E-state index is 0.223. The highest BCUT2D eigenvalue weighted by Gasteiger charge is 2.39. The molecule has 0 bridgehead atoms. The molecule has 4 aliphatic rings. The Labute approximate surface area is 143 Å². The van der Waals surface area contributed by atoms with E-state index in [-0.39, 0.29) is 6.04 Å². The number of hydroxylamine groups is 2. The molecule has 7 nitrogen and oxygen atoms in total. The van der Waals surface area contributed by atoms with E-state index < -0.39 is 0 Å². The van der Waals surface area contributed by atoms with Crippen molar-refractivity contribution in [1.29, 1.82) is 0 Å². The molecule has 0 aliphatic carbocycles. The molecular weight excluding hydrogens is 306 g/mol.